The first-order valence-corrected chi connectivity index (χ1v) is 9.67. The van der Waals surface area contributed by atoms with Crippen LogP contribution in [0.3, 0.4) is 0 Å². The Bertz CT molecular complexity index is 1100. The Balaban J connectivity index is 1.82. The molecule has 1 heterocycles. The summed E-state index contributed by atoms with van der Waals surface area (Å²) in [5.41, 5.74) is 1.77. The molecule has 0 aliphatic heterocycles. The van der Waals surface area contributed by atoms with Crippen LogP contribution >= 0.6 is 22.9 Å². The van der Waals surface area contributed by atoms with Crippen LogP contribution in [0.1, 0.15) is 15.9 Å². The zero-order chi connectivity index (χ0) is 20.8. The van der Waals surface area contributed by atoms with Gasteiger partial charge in [-0.15, -0.1) is 11.3 Å². The molecular formula is C21H15ClN2O4S. The summed E-state index contributed by atoms with van der Waals surface area (Å²) in [6.07, 6.45) is 0. The monoisotopic (exact) mass is 426 g/mol. The zero-order valence-corrected chi connectivity index (χ0v) is 16.8. The topological polar surface area (TPSA) is 88.4 Å². The smallest absolute Gasteiger partial charge is 0.341 e. The SMILES string of the molecule is COC(=O)c1c(-c2ccccc2Cl)csc1NC(=O)COc1ccccc1C#N. The van der Waals surface area contributed by atoms with E-state index >= 15 is 0 Å². The molecule has 0 radical (unpaired) electrons. The lowest BCUT2D eigenvalue weighted by molar-refractivity contribution is -0.118. The molecule has 3 rings (SSSR count). The molecule has 0 saturated heterocycles. The van der Waals surface area contributed by atoms with Crippen molar-refractivity contribution in [3.63, 3.8) is 0 Å². The predicted molar refractivity (Wildman–Crippen MR) is 111 cm³/mol. The third kappa shape index (κ3) is 4.57. The van der Waals surface area contributed by atoms with Crippen LogP contribution < -0.4 is 10.1 Å². The van der Waals surface area contributed by atoms with Crippen molar-refractivity contribution in [1.82, 2.24) is 0 Å². The van der Waals surface area contributed by atoms with E-state index in [2.05, 4.69) is 5.32 Å². The molecule has 1 aromatic heterocycles. The number of nitrogens with zero attached hydrogens (tertiary/aromatic N) is 1. The third-order valence-electron chi connectivity index (χ3n) is 3.96. The lowest BCUT2D eigenvalue weighted by atomic mass is 10.0. The van der Waals surface area contributed by atoms with Crippen LogP contribution in [0.25, 0.3) is 11.1 Å². The Kier molecular flexibility index (Phi) is 6.50. The summed E-state index contributed by atoms with van der Waals surface area (Å²) in [7, 11) is 1.27. The lowest BCUT2D eigenvalue weighted by Crippen LogP contribution is -2.21. The highest BCUT2D eigenvalue weighted by atomic mass is 35.5. The molecule has 0 atom stereocenters. The van der Waals surface area contributed by atoms with E-state index in [9.17, 15) is 9.59 Å². The molecular weight excluding hydrogens is 412 g/mol. The maximum Gasteiger partial charge on any atom is 0.341 e. The van der Waals surface area contributed by atoms with E-state index in [1.54, 1.807) is 53.9 Å². The van der Waals surface area contributed by atoms with E-state index in [0.717, 1.165) is 0 Å². The molecule has 0 aliphatic carbocycles. The summed E-state index contributed by atoms with van der Waals surface area (Å²) in [6.45, 7) is -0.321. The van der Waals surface area contributed by atoms with Gasteiger partial charge >= 0.3 is 5.97 Å². The van der Waals surface area contributed by atoms with E-state index in [1.165, 1.54) is 18.4 Å². The number of carbonyl (C=O) groups is 2. The van der Waals surface area contributed by atoms with Gasteiger partial charge in [0.2, 0.25) is 0 Å². The number of benzene rings is 2. The normalized spacial score (nSPS) is 10.1. The van der Waals surface area contributed by atoms with E-state index in [-0.39, 0.29) is 12.2 Å². The third-order valence-corrected chi connectivity index (χ3v) is 5.19. The summed E-state index contributed by atoms with van der Waals surface area (Å²) in [5, 5.41) is 14.3. The van der Waals surface area contributed by atoms with Gasteiger partial charge in [0.25, 0.3) is 5.91 Å². The first-order valence-electron chi connectivity index (χ1n) is 8.41. The van der Waals surface area contributed by atoms with Crippen LogP contribution in [0.15, 0.2) is 53.9 Å². The number of carbonyl (C=O) groups excluding carboxylic acids is 2. The van der Waals surface area contributed by atoms with Gasteiger partial charge in [-0.2, -0.15) is 5.26 Å². The Morgan fingerprint density at radius 1 is 1.14 bits per heavy atom. The number of amides is 1. The standard InChI is InChI=1S/C21H15ClN2O4S/c1-27-21(26)19-15(14-7-3-4-8-16(14)22)12-29-20(19)24-18(25)11-28-17-9-5-2-6-13(17)10-23/h2-9,12H,11H2,1H3,(H,24,25). The molecule has 29 heavy (non-hydrogen) atoms. The first-order chi connectivity index (χ1) is 14.0. The van der Waals surface area contributed by atoms with Crippen molar-refractivity contribution in [2.24, 2.45) is 0 Å². The minimum Gasteiger partial charge on any atom is -0.482 e. The van der Waals surface area contributed by atoms with E-state index in [4.69, 9.17) is 26.3 Å². The van der Waals surface area contributed by atoms with Crippen molar-refractivity contribution in [1.29, 1.82) is 5.26 Å². The molecule has 1 amide bonds. The summed E-state index contributed by atoms with van der Waals surface area (Å²) in [5.74, 6) is -0.760. The molecule has 146 valence electrons. The second-order valence-electron chi connectivity index (χ2n) is 5.77. The predicted octanol–water partition coefficient (Wildman–Crippen LogP) is 4.74. The number of halogens is 1. The zero-order valence-electron chi connectivity index (χ0n) is 15.3. The number of thiophene rings is 1. The van der Waals surface area contributed by atoms with Crippen molar-refractivity contribution in [2.75, 3.05) is 19.0 Å². The Labute approximate surface area is 176 Å². The Hall–Kier alpha value is -3.34. The van der Waals surface area contributed by atoms with Gasteiger partial charge in [-0.1, -0.05) is 41.9 Å². The fourth-order valence-corrected chi connectivity index (χ4v) is 3.83. The quantitative estimate of drug-likeness (QED) is 0.575. The second kappa shape index (κ2) is 9.24. The van der Waals surface area contributed by atoms with Crippen LogP contribution in [0.2, 0.25) is 5.02 Å². The highest BCUT2D eigenvalue weighted by molar-refractivity contribution is 7.15. The largest absolute Gasteiger partial charge is 0.482 e. The van der Waals surface area contributed by atoms with Gasteiger partial charge in [0.15, 0.2) is 6.61 Å². The summed E-state index contributed by atoms with van der Waals surface area (Å²) < 4.78 is 10.3. The molecule has 6 nitrogen and oxygen atoms in total. The van der Waals surface area contributed by atoms with Gasteiger partial charge in [0, 0.05) is 21.5 Å². The highest BCUT2D eigenvalue weighted by Gasteiger charge is 2.23. The van der Waals surface area contributed by atoms with Crippen LogP contribution in [-0.4, -0.2) is 25.6 Å². The summed E-state index contributed by atoms with van der Waals surface area (Å²) in [6, 6.07) is 15.7. The van der Waals surface area contributed by atoms with E-state index < -0.39 is 11.9 Å². The van der Waals surface area contributed by atoms with Gasteiger partial charge < -0.3 is 14.8 Å². The number of esters is 1. The number of para-hydroxylation sites is 1. The minimum atomic E-state index is -0.591. The second-order valence-corrected chi connectivity index (χ2v) is 7.06. The molecule has 3 aromatic rings. The fraction of sp³-hybridized carbons (Fsp3) is 0.0952. The van der Waals surface area contributed by atoms with E-state index in [1.807, 2.05) is 6.07 Å². The van der Waals surface area contributed by atoms with Crippen LogP contribution in [0.5, 0.6) is 5.75 Å². The van der Waals surface area contributed by atoms with Crippen LogP contribution in [-0.2, 0) is 9.53 Å². The number of ether oxygens (including phenoxy) is 2. The number of nitrogens with one attached hydrogen (secondary N) is 1. The van der Waals surface area contributed by atoms with Crippen molar-refractivity contribution < 1.29 is 19.1 Å². The number of rotatable bonds is 6. The first kappa shape index (κ1) is 20.4. The Morgan fingerprint density at radius 2 is 1.86 bits per heavy atom. The average Bonchev–Trinajstić information content (AvgIpc) is 3.15. The average molecular weight is 427 g/mol. The molecule has 0 spiro atoms. The molecule has 0 unspecified atom stereocenters. The van der Waals surface area contributed by atoms with Crippen molar-refractivity contribution in [3.8, 4) is 22.9 Å². The van der Waals surface area contributed by atoms with Crippen LogP contribution in [0.4, 0.5) is 5.00 Å². The number of hydrogen-bond donors (Lipinski definition) is 1. The van der Waals surface area contributed by atoms with Gasteiger partial charge in [0.05, 0.1) is 12.7 Å². The van der Waals surface area contributed by atoms with Gasteiger partial charge in [0.1, 0.15) is 22.4 Å². The molecule has 8 heteroatoms. The fourth-order valence-electron chi connectivity index (χ4n) is 2.62. The summed E-state index contributed by atoms with van der Waals surface area (Å²) in [4.78, 5) is 24.7. The Morgan fingerprint density at radius 3 is 2.59 bits per heavy atom. The minimum absolute atomic E-state index is 0.219. The molecule has 0 bridgehead atoms. The molecule has 1 N–H and O–H groups in total. The van der Waals surface area contributed by atoms with Crippen molar-refractivity contribution >= 4 is 39.8 Å². The molecule has 2 aromatic carbocycles. The van der Waals surface area contributed by atoms with Gasteiger partial charge in [-0.3, -0.25) is 4.79 Å². The van der Waals surface area contributed by atoms with Gasteiger partial charge in [-0.25, -0.2) is 4.79 Å². The maximum atomic E-state index is 12.4. The number of methoxy groups -OCH3 is 1. The van der Waals surface area contributed by atoms with Crippen molar-refractivity contribution in [3.05, 3.63) is 70.1 Å². The molecule has 0 saturated carbocycles. The van der Waals surface area contributed by atoms with E-state index in [0.29, 0.717) is 32.5 Å². The number of hydrogen-bond acceptors (Lipinski definition) is 6. The maximum absolute atomic E-state index is 12.4. The van der Waals surface area contributed by atoms with Crippen LogP contribution in [0, 0.1) is 11.3 Å². The van der Waals surface area contributed by atoms with Crippen molar-refractivity contribution in [2.45, 2.75) is 0 Å². The number of anilines is 1. The molecule has 0 aliphatic rings. The molecule has 0 fully saturated rings. The van der Waals surface area contributed by atoms with Gasteiger partial charge in [-0.05, 0) is 18.2 Å². The summed E-state index contributed by atoms with van der Waals surface area (Å²) >= 11 is 7.44. The number of nitriles is 1. The lowest BCUT2D eigenvalue weighted by Gasteiger charge is -2.10. The highest BCUT2D eigenvalue weighted by Crippen LogP contribution is 2.39.